The number of rotatable bonds is 7. The molecule has 25 heavy (non-hydrogen) atoms. The van der Waals surface area contributed by atoms with Crippen molar-refractivity contribution in [2.45, 2.75) is 31.3 Å². The van der Waals surface area contributed by atoms with E-state index in [0.29, 0.717) is 36.0 Å². The van der Waals surface area contributed by atoms with E-state index in [1.165, 1.54) is 11.8 Å². The number of ether oxygens (including phenoxy) is 2. The molecule has 0 bridgehead atoms. The molecule has 1 unspecified atom stereocenters. The molecular formula is C18H25N3O3S. The highest BCUT2D eigenvalue weighted by Gasteiger charge is 2.27. The SMILES string of the molecule is CCN(CC)C(=O)c1cnc(SC)nc1C1C=CC(OC)=C(OC)C1. The van der Waals surface area contributed by atoms with Gasteiger partial charge in [0, 0.05) is 31.6 Å². The van der Waals surface area contributed by atoms with Crippen molar-refractivity contribution in [1.82, 2.24) is 14.9 Å². The van der Waals surface area contributed by atoms with Crippen LogP contribution in [0.1, 0.15) is 42.2 Å². The topological polar surface area (TPSA) is 64.6 Å². The lowest BCUT2D eigenvalue weighted by molar-refractivity contribution is 0.0770. The monoisotopic (exact) mass is 363 g/mol. The molecule has 0 fully saturated rings. The molecule has 0 radical (unpaired) electrons. The number of hydrogen-bond donors (Lipinski definition) is 0. The molecule has 1 aliphatic rings. The minimum absolute atomic E-state index is 0.0402. The fourth-order valence-electron chi connectivity index (χ4n) is 2.82. The number of hydrogen-bond acceptors (Lipinski definition) is 6. The van der Waals surface area contributed by atoms with Crippen molar-refractivity contribution in [1.29, 1.82) is 0 Å². The predicted molar refractivity (Wildman–Crippen MR) is 98.6 cm³/mol. The summed E-state index contributed by atoms with van der Waals surface area (Å²) in [6.45, 7) is 5.23. The van der Waals surface area contributed by atoms with Gasteiger partial charge in [-0.2, -0.15) is 0 Å². The standard InChI is InChI=1S/C18H25N3O3S/c1-6-21(7-2)17(22)13-11-19-18(25-5)20-16(13)12-8-9-14(23-3)15(10-12)24-4/h8-9,11-12H,6-7,10H2,1-5H3. The number of methoxy groups -OCH3 is 2. The van der Waals surface area contributed by atoms with E-state index in [4.69, 9.17) is 9.47 Å². The lowest BCUT2D eigenvalue weighted by Crippen LogP contribution is -2.32. The summed E-state index contributed by atoms with van der Waals surface area (Å²) in [6, 6.07) is 0. The summed E-state index contributed by atoms with van der Waals surface area (Å²) in [5, 5.41) is 0.653. The van der Waals surface area contributed by atoms with Gasteiger partial charge in [0.15, 0.2) is 10.9 Å². The maximum Gasteiger partial charge on any atom is 0.257 e. The summed E-state index contributed by atoms with van der Waals surface area (Å²) >= 11 is 1.46. The molecular weight excluding hydrogens is 338 g/mol. The Morgan fingerprint density at radius 3 is 2.60 bits per heavy atom. The second-order valence-corrected chi connectivity index (χ2v) is 6.27. The number of nitrogens with zero attached hydrogens (tertiary/aromatic N) is 3. The van der Waals surface area contributed by atoms with Gasteiger partial charge in [-0.3, -0.25) is 4.79 Å². The lowest BCUT2D eigenvalue weighted by atomic mass is 9.92. The molecule has 1 aromatic rings. The molecule has 0 spiro atoms. The van der Waals surface area contributed by atoms with E-state index >= 15 is 0 Å². The number of thioether (sulfide) groups is 1. The average Bonchev–Trinajstić information content (AvgIpc) is 2.67. The first-order valence-corrected chi connectivity index (χ1v) is 9.51. The van der Waals surface area contributed by atoms with E-state index in [-0.39, 0.29) is 11.8 Å². The zero-order chi connectivity index (χ0) is 18.4. The molecule has 1 amide bonds. The van der Waals surface area contributed by atoms with Crippen LogP contribution < -0.4 is 0 Å². The molecule has 0 aromatic carbocycles. The van der Waals surface area contributed by atoms with Crippen molar-refractivity contribution in [3.05, 3.63) is 41.1 Å². The molecule has 0 saturated carbocycles. The first-order chi connectivity index (χ1) is 12.1. The second kappa shape index (κ2) is 8.89. The first kappa shape index (κ1) is 19.3. The molecule has 7 heteroatoms. The Balaban J connectivity index is 2.44. The van der Waals surface area contributed by atoms with E-state index in [1.807, 2.05) is 32.3 Å². The summed E-state index contributed by atoms with van der Waals surface area (Å²) in [6.07, 6.45) is 8.04. The minimum atomic E-state index is -0.0581. The molecule has 6 nitrogen and oxygen atoms in total. The normalized spacial score (nSPS) is 16.8. The van der Waals surface area contributed by atoms with Crippen molar-refractivity contribution in [3.8, 4) is 0 Å². The number of aromatic nitrogens is 2. The number of amides is 1. The van der Waals surface area contributed by atoms with E-state index in [0.717, 1.165) is 11.5 Å². The maximum absolute atomic E-state index is 12.9. The molecule has 136 valence electrons. The fraction of sp³-hybridized carbons (Fsp3) is 0.500. The zero-order valence-electron chi connectivity index (χ0n) is 15.4. The van der Waals surface area contributed by atoms with E-state index in [1.54, 1.807) is 25.3 Å². The summed E-state index contributed by atoms with van der Waals surface area (Å²) in [5.74, 6) is 1.36. The van der Waals surface area contributed by atoms with Crippen molar-refractivity contribution < 1.29 is 14.3 Å². The third kappa shape index (κ3) is 4.15. The van der Waals surface area contributed by atoms with Crippen LogP contribution >= 0.6 is 11.8 Å². The Kier molecular flexibility index (Phi) is 6.87. The van der Waals surface area contributed by atoms with Gasteiger partial charge >= 0.3 is 0 Å². The van der Waals surface area contributed by atoms with Gasteiger partial charge in [-0.05, 0) is 26.2 Å². The van der Waals surface area contributed by atoms with Gasteiger partial charge in [-0.15, -0.1) is 0 Å². The molecule has 0 saturated heterocycles. The van der Waals surface area contributed by atoms with Crippen LogP contribution in [0.3, 0.4) is 0 Å². The Morgan fingerprint density at radius 2 is 2.04 bits per heavy atom. The van der Waals surface area contributed by atoms with Crippen LogP contribution in [-0.4, -0.2) is 54.3 Å². The first-order valence-electron chi connectivity index (χ1n) is 8.29. The Morgan fingerprint density at radius 1 is 1.32 bits per heavy atom. The summed E-state index contributed by atoms with van der Waals surface area (Å²) in [4.78, 5) is 23.6. The smallest absolute Gasteiger partial charge is 0.257 e. The molecule has 0 N–H and O–H groups in total. The molecule has 0 aliphatic heterocycles. The summed E-state index contributed by atoms with van der Waals surface area (Å²) < 4.78 is 10.8. The largest absolute Gasteiger partial charge is 0.497 e. The predicted octanol–water partition coefficient (Wildman–Crippen LogP) is 3.23. The van der Waals surface area contributed by atoms with Crippen LogP contribution in [0.25, 0.3) is 0 Å². The molecule has 1 atom stereocenters. The van der Waals surface area contributed by atoms with Crippen LogP contribution in [0.5, 0.6) is 0 Å². The van der Waals surface area contributed by atoms with E-state index in [9.17, 15) is 4.79 Å². The molecule has 1 aliphatic carbocycles. The zero-order valence-corrected chi connectivity index (χ0v) is 16.2. The van der Waals surface area contributed by atoms with Gasteiger partial charge in [0.25, 0.3) is 5.91 Å². The average molecular weight is 363 g/mol. The van der Waals surface area contributed by atoms with Crippen LogP contribution in [0.15, 0.2) is 35.0 Å². The van der Waals surface area contributed by atoms with Gasteiger partial charge in [-0.1, -0.05) is 17.8 Å². The fourth-order valence-corrected chi connectivity index (χ4v) is 3.17. The van der Waals surface area contributed by atoms with Gasteiger partial charge in [0.05, 0.1) is 25.5 Å². The number of carbonyl (C=O) groups excluding carboxylic acids is 1. The van der Waals surface area contributed by atoms with Crippen LogP contribution in [0.4, 0.5) is 0 Å². The van der Waals surface area contributed by atoms with Crippen molar-refractivity contribution in [2.24, 2.45) is 0 Å². The van der Waals surface area contributed by atoms with Crippen molar-refractivity contribution in [3.63, 3.8) is 0 Å². The highest BCUT2D eigenvalue weighted by atomic mass is 32.2. The Labute approximate surface area is 153 Å². The van der Waals surface area contributed by atoms with Gasteiger partial charge in [-0.25, -0.2) is 9.97 Å². The third-order valence-electron chi connectivity index (χ3n) is 4.24. The van der Waals surface area contributed by atoms with Crippen LogP contribution in [-0.2, 0) is 9.47 Å². The van der Waals surface area contributed by atoms with Crippen molar-refractivity contribution in [2.75, 3.05) is 33.6 Å². The lowest BCUT2D eigenvalue weighted by Gasteiger charge is -2.24. The number of carbonyl (C=O) groups is 1. The minimum Gasteiger partial charge on any atom is -0.497 e. The van der Waals surface area contributed by atoms with Crippen molar-refractivity contribution >= 4 is 17.7 Å². The third-order valence-corrected chi connectivity index (χ3v) is 4.80. The Bertz CT molecular complexity index is 684. The summed E-state index contributed by atoms with van der Waals surface area (Å²) in [5.41, 5.74) is 1.28. The second-order valence-electron chi connectivity index (χ2n) is 5.50. The molecule has 2 rings (SSSR count). The summed E-state index contributed by atoms with van der Waals surface area (Å²) in [7, 11) is 3.24. The maximum atomic E-state index is 12.9. The number of allylic oxidation sites excluding steroid dienone is 3. The molecule has 1 aromatic heterocycles. The van der Waals surface area contributed by atoms with E-state index < -0.39 is 0 Å². The quantitative estimate of drug-likeness (QED) is 0.547. The van der Waals surface area contributed by atoms with Gasteiger partial charge in [0.1, 0.15) is 5.76 Å². The van der Waals surface area contributed by atoms with Crippen LogP contribution in [0.2, 0.25) is 0 Å². The van der Waals surface area contributed by atoms with Gasteiger partial charge < -0.3 is 14.4 Å². The van der Waals surface area contributed by atoms with E-state index in [2.05, 4.69) is 9.97 Å². The van der Waals surface area contributed by atoms with Crippen LogP contribution in [0, 0.1) is 0 Å². The highest BCUT2D eigenvalue weighted by molar-refractivity contribution is 7.98. The molecule has 1 heterocycles. The Hall–Kier alpha value is -2.02. The highest BCUT2D eigenvalue weighted by Crippen LogP contribution is 2.33. The van der Waals surface area contributed by atoms with Gasteiger partial charge in [0.2, 0.25) is 0 Å².